The molecule has 0 spiro atoms. The van der Waals surface area contributed by atoms with Crippen LogP contribution in [0.4, 0.5) is 0 Å². The van der Waals surface area contributed by atoms with Crippen molar-refractivity contribution in [3.8, 4) is 0 Å². The van der Waals surface area contributed by atoms with Crippen LogP contribution in [0, 0.1) is 0 Å². The fourth-order valence-electron chi connectivity index (χ4n) is 0. The van der Waals surface area contributed by atoms with Gasteiger partial charge in [-0.15, -0.1) is 0 Å². The Labute approximate surface area is 67.5 Å². The van der Waals surface area contributed by atoms with Crippen LogP contribution < -0.4 is 29.6 Å². The maximum absolute atomic E-state index is 0. The Bertz CT molecular complexity index is 9.61. The van der Waals surface area contributed by atoms with Crippen LogP contribution in [-0.4, -0.2) is 37.2 Å². The summed E-state index contributed by atoms with van der Waals surface area (Å²) >= 11 is 0. The molecule has 0 rings (SSSR count). The molecule has 26 valence electrons. The van der Waals surface area contributed by atoms with Crippen LogP contribution >= 0.6 is 0 Å². The van der Waals surface area contributed by atoms with Gasteiger partial charge in [0.15, 0.2) is 0 Å². The average molecular weight is 272 g/mol. The minimum Gasteiger partial charge on any atom is -1.00 e. The first kappa shape index (κ1) is 41.2. The van der Waals surface area contributed by atoms with Crippen molar-refractivity contribution in [3.05, 3.63) is 0 Å². The number of hydrogen-bond acceptors (Lipinski definition) is 0. The van der Waals surface area contributed by atoms with Crippen molar-refractivity contribution < 1.29 is 41.9 Å². The monoisotopic (exact) mass is 272 g/mol. The molecule has 0 unspecified atom stereocenters. The van der Waals surface area contributed by atoms with E-state index in [1.54, 1.807) is 0 Å². The van der Waals surface area contributed by atoms with Crippen molar-refractivity contribution in [2.24, 2.45) is 0 Å². The molecule has 0 fully saturated rings. The second-order valence-corrected chi connectivity index (χ2v) is 0. The SMILES string of the molecule is O.O.[BiH3].[H-].[Na+]. The maximum Gasteiger partial charge on any atom is 1.00 e. The van der Waals surface area contributed by atoms with E-state index in [4.69, 9.17) is 0 Å². The van der Waals surface area contributed by atoms with Crippen LogP contribution in [0.25, 0.3) is 0 Å². The van der Waals surface area contributed by atoms with Crippen LogP contribution in [0.15, 0.2) is 0 Å². The van der Waals surface area contributed by atoms with E-state index in [0.717, 1.165) is 0 Å². The molecule has 4 heteroatoms. The summed E-state index contributed by atoms with van der Waals surface area (Å²) in [5, 5.41) is 0. The summed E-state index contributed by atoms with van der Waals surface area (Å²) < 4.78 is 0. The molecule has 0 radical (unpaired) electrons. The first-order chi connectivity index (χ1) is 0. The van der Waals surface area contributed by atoms with Gasteiger partial charge in [0.2, 0.25) is 0 Å². The molecular weight excluding hydrogens is 264 g/mol. The largest absolute Gasteiger partial charge is 1.00 e. The van der Waals surface area contributed by atoms with Crippen LogP contribution in [0.5, 0.6) is 0 Å². The molecule has 0 aromatic carbocycles. The van der Waals surface area contributed by atoms with Crippen molar-refractivity contribution in [3.63, 3.8) is 0 Å². The van der Waals surface area contributed by atoms with Gasteiger partial charge in [-0.3, -0.25) is 0 Å². The molecule has 0 bridgehead atoms. The normalized spacial score (nSPS) is 0. The second-order valence-electron chi connectivity index (χ2n) is 0. The van der Waals surface area contributed by atoms with E-state index >= 15 is 0 Å². The zero-order valence-corrected chi connectivity index (χ0v) is 10.2. The Kier molecular flexibility index (Phi) is 220. The third kappa shape index (κ3) is 9.19. The van der Waals surface area contributed by atoms with E-state index in [1.807, 2.05) is 0 Å². The Morgan fingerprint density at radius 1 is 1.00 bits per heavy atom. The molecule has 0 atom stereocenters. The van der Waals surface area contributed by atoms with E-state index in [2.05, 4.69) is 0 Å². The summed E-state index contributed by atoms with van der Waals surface area (Å²) in [5.74, 6) is 0. The predicted octanol–water partition coefficient (Wildman–Crippen LogP) is -5.72. The van der Waals surface area contributed by atoms with Gasteiger partial charge in [-0.2, -0.15) is 0 Å². The standard InChI is InChI=1S/Bi.Na.2H2O.4H/h;;2*1H2;;;;/q;+1;;;;;;-1. The van der Waals surface area contributed by atoms with Gasteiger partial charge in [-0.25, -0.2) is 0 Å². The summed E-state index contributed by atoms with van der Waals surface area (Å²) in [6.45, 7) is 0. The summed E-state index contributed by atoms with van der Waals surface area (Å²) in [6.07, 6.45) is 0. The summed E-state index contributed by atoms with van der Waals surface area (Å²) in [6, 6.07) is 0. The summed E-state index contributed by atoms with van der Waals surface area (Å²) in [5.41, 5.74) is 0. The molecule has 0 aromatic heterocycles. The van der Waals surface area contributed by atoms with Gasteiger partial charge < -0.3 is 12.4 Å². The Morgan fingerprint density at radius 3 is 1.00 bits per heavy atom. The second kappa shape index (κ2) is 21.4. The molecular formula is H8BiNaO2. The zero-order chi connectivity index (χ0) is 0. The van der Waals surface area contributed by atoms with Gasteiger partial charge >= 0.3 is 55.8 Å². The molecule has 0 aliphatic carbocycles. The van der Waals surface area contributed by atoms with Crippen molar-refractivity contribution in [2.75, 3.05) is 0 Å². The van der Waals surface area contributed by atoms with Gasteiger partial charge in [-0.1, -0.05) is 0 Å². The predicted molar refractivity (Wildman–Crippen MR) is 18.3 cm³/mol. The molecule has 0 aliphatic rings. The fourth-order valence-corrected chi connectivity index (χ4v) is 0. The minimum absolute atomic E-state index is 0. The van der Waals surface area contributed by atoms with E-state index < -0.39 is 0 Å². The molecule has 0 amide bonds. The maximum atomic E-state index is 0. The molecule has 0 heterocycles. The van der Waals surface area contributed by atoms with Crippen LogP contribution in [0.3, 0.4) is 0 Å². The number of hydrogen-bond donors (Lipinski definition) is 0. The van der Waals surface area contributed by atoms with Crippen molar-refractivity contribution in [2.45, 2.75) is 0 Å². The summed E-state index contributed by atoms with van der Waals surface area (Å²) in [7, 11) is 0. The van der Waals surface area contributed by atoms with E-state index in [1.165, 1.54) is 0 Å². The number of rotatable bonds is 0. The molecule has 0 aromatic rings. The first-order valence-corrected chi connectivity index (χ1v) is 0. The molecule has 2 nitrogen and oxygen atoms in total. The van der Waals surface area contributed by atoms with Crippen molar-refractivity contribution in [1.82, 2.24) is 0 Å². The van der Waals surface area contributed by atoms with Gasteiger partial charge in [0.05, 0.1) is 0 Å². The molecule has 4 N–H and O–H groups in total. The quantitative estimate of drug-likeness (QED) is 0.395. The molecule has 0 aliphatic heterocycles. The first-order valence-electron chi connectivity index (χ1n) is 0. The van der Waals surface area contributed by atoms with Gasteiger partial charge in [0.25, 0.3) is 0 Å². The average Bonchev–Trinajstić information content (AvgIpc) is 0. The molecule has 0 saturated heterocycles. The van der Waals surface area contributed by atoms with Crippen LogP contribution in [-0.2, 0) is 0 Å². The van der Waals surface area contributed by atoms with Gasteiger partial charge in [-0.05, 0) is 0 Å². The Hall–Kier alpha value is 1.80. The van der Waals surface area contributed by atoms with Crippen LogP contribution in [0.1, 0.15) is 1.43 Å². The zero-order valence-electron chi connectivity index (χ0n) is 3.71. The minimum atomic E-state index is 0. The summed E-state index contributed by atoms with van der Waals surface area (Å²) in [4.78, 5) is 0. The smallest absolute Gasteiger partial charge is 1.00 e. The Morgan fingerprint density at radius 2 is 1.00 bits per heavy atom. The van der Waals surface area contributed by atoms with Gasteiger partial charge in [0, 0.05) is 0 Å². The van der Waals surface area contributed by atoms with Gasteiger partial charge in [0.1, 0.15) is 0 Å². The molecule has 4 heavy (non-hydrogen) atoms. The third-order valence-corrected chi connectivity index (χ3v) is 0. The Balaban J connectivity index is 0. The van der Waals surface area contributed by atoms with E-state index in [-0.39, 0.29) is 68.1 Å². The third-order valence-electron chi connectivity index (χ3n) is 0. The van der Waals surface area contributed by atoms with Crippen LogP contribution in [0.2, 0.25) is 0 Å². The topological polar surface area (TPSA) is 63.0 Å². The van der Waals surface area contributed by atoms with E-state index in [9.17, 15) is 0 Å². The molecule has 0 saturated carbocycles. The van der Waals surface area contributed by atoms with Crippen molar-refractivity contribution >= 4 is 26.2 Å². The fraction of sp³-hybridized carbons (Fsp3) is 0. The van der Waals surface area contributed by atoms with Crippen molar-refractivity contribution in [1.29, 1.82) is 0 Å². The van der Waals surface area contributed by atoms with E-state index in [0.29, 0.717) is 0 Å².